The fraction of sp³-hybridized carbons (Fsp3) is 0.176. The van der Waals surface area contributed by atoms with E-state index in [1.54, 1.807) is 6.92 Å². The van der Waals surface area contributed by atoms with Crippen molar-refractivity contribution in [2.75, 3.05) is 11.4 Å². The number of nitrogens with zero attached hydrogens (tertiary/aromatic N) is 1. The van der Waals surface area contributed by atoms with Gasteiger partial charge in [0.25, 0.3) is 0 Å². The number of hydrogen-bond acceptors (Lipinski definition) is 2. The summed E-state index contributed by atoms with van der Waals surface area (Å²) in [5.74, 6) is 0.0862. The lowest BCUT2D eigenvalue weighted by Gasteiger charge is -2.31. The van der Waals surface area contributed by atoms with E-state index < -0.39 is 0 Å². The number of carbonyl (C=O) groups is 1. The fourth-order valence-corrected chi connectivity index (χ4v) is 2.94. The van der Waals surface area contributed by atoms with Gasteiger partial charge in [-0.3, -0.25) is 4.79 Å². The lowest BCUT2D eigenvalue weighted by atomic mass is 9.99. The molecule has 0 amide bonds. The zero-order valence-corrected chi connectivity index (χ0v) is 12.1. The lowest BCUT2D eigenvalue weighted by Crippen LogP contribution is -2.36. The van der Waals surface area contributed by atoms with Crippen molar-refractivity contribution in [1.29, 1.82) is 0 Å². The van der Waals surface area contributed by atoms with Crippen molar-refractivity contribution in [2.24, 2.45) is 0 Å². The van der Waals surface area contributed by atoms with E-state index in [0.717, 1.165) is 34.8 Å². The van der Waals surface area contributed by atoms with Crippen molar-refractivity contribution in [1.82, 2.24) is 0 Å². The molecule has 1 aliphatic heterocycles. The highest BCUT2D eigenvalue weighted by molar-refractivity contribution is 7.81. The van der Waals surface area contributed by atoms with E-state index in [-0.39, 0.29) is 5.78 Å². The maximum absolute atomic E-state index is 11.3. The van der Waals surface area contributed by atoms with E-state index >= 15 is 0 Å². The third-order valence-electron chi connectivity index (χ3n) is 3.68. The Morgan fingerprint density at radius 1 is 1.10 bits per heavy atom. The molecule has 0 saturated carbocycles. The molecule has 2 aromatic carbocycles. The predicted octanol–water partition coefficient (Wildman–Crippen LogP) is 3.63. The van der Waals surface area contributed by atoms with Gasteiger partial charge in [0.1, 0.15) is 4.99 Å². The predicted molar refractivity (Wildman–Crippen MR) is 85.6 cm³/mol. The average molecular weight is 281 g/mol. The number of ketones is 1. The smallest absolute Gasteiger partial charge is 0.159 e. The summed E-state index contributed by atoms with van der Waals surface area (Å²) in [6.45, 7) is 2.46. The summed E-state index contributed by atoms with van der Waals surface area (Å²) < 4.78 is 0. The van der Waals surface area contributed by atoms with E-state index in [1.807, 2.05) is 30.3 Å². The maximum atomic E-state index is 11.3. The summed E-state index contributed by atoms with van der Waals surface area (Å²) in [5.41, 5.74) is 4.24. The minimum atomic E-state index is 0.0862. The van der Waals surface area contributed by atoms with Crippen LogP contribution in [-0.4, -0.2) is 17.3 Å². The second-order valence-corrected chi connectivity index (χ2v) is 5.35. The molecule has 0 N–H and O–H groups in total. The first-order chi connectivity index (χ1) is 9.66. The lowest BCUT2D eigenvalue weighted by molar-refractivity contribution is 0.101. The molecule has 2 nitrogen and oxygen atoms in total. The Bertz CT molecular complexity index is 676. The standard InChI is InChI=1S/C17H15NOS/c1-12(19)13-6-8-15(9-7-13)18-11-10-14-4-2-3-5-16(14)17(18)20/h2-9H,10-11H2,1H3. The average Bonchev–Trinajstić information content (AvgIpc) is 2.48. The van der Waals surface area contributed by atoms with Gasteiger partial charge in [-0.05, 0) is 43.2 Å². The van der Waals surface area contributed by atoms with Gasteiger partial charge in [0.15, 0.2) is 5.78 Å². The van der Waals surface area contributed by atoms with Crippen molar-refractivity contribution in [3.63, 3.8) is 0 Å². The van der Waals surface area contributed by atoms with E-state index in [2.05, 4.69) is 23.1 Å². The van der Waals surface area contributed by atoms with Gasteiger partial charge in [-0.15, -0.1) is 0 Å². The zero-order valence-electron chi connectivity index (χ0n) is 11.3. The molecule has 1 aliphatic rings. The molecule has 0 radical (unpaired) electrons. The third-order valence-corrected chi connectivity index (χ3v) is 4.12. The number of thiocarbonyl (C=S) groups is 1. The van der Waals surface area contributed by atoms with Gasteiger partial charge in [-0.2, -0.15) is 0 Å². The molecular formula is C17H15NOS. The summed E-state index contributed by atoms with van der Waals surface area (Å²) in [6.07, 6.45) is 0.991. The number of benzene rings is 2. The Hall–Kier alpha value is -2.00. The Labute approximate surface area is 124 Å². The van der Waals surface area contributed by atoms with Crippen LogP contribution in [0, 0.1) is 0 Å². The first-order valence-corrected chi connectivity index (χ1v) is 7.08. The van der Waals surface area contributed by atoms with E-state index in [9.17, 15) is 4.79 Å². The monoisotopic (exact) mass is 281 g/mol. The van der Waals surface area contributed by atoms with Gasteiger partial charge in [-0.25, -0.2) is 0 Å². The fourth-order valence-electron chi connectivity index (χ4n) is 2.55. The van der Waals surface area contributed by atoms with Crippen molar-refractivity contribution >= 4 is 28.7 Å². The van der Waals surface area contributed by atoms with E-state index in [4.69, 9.17) is 12.2 Å². The summed E-state index contributed by atoms with van der Waals surface area (Å²) in [6, 6.07) is 16.0. The van der Waals surface area contributed by atoms with Crippen LogP contribution in [0.5, 0.6) is 0 Å². The highest BCUT2D eigenvalue weighted by Gasteiger charge is 2.21. The number of Topliss-reactive ketones (excluding diaryl/α,β-unsaturated/α-hetero) is 1. The van der Waals surface area contributed by atoms with E-state index in [1.165, 1.54) is 5.56 Å². The number of anilines is 1. The topological polar surface area (TPSA) is 20.3 Å². The Balaban J connectivity index is 1.92. The number of fused-ring (bicyclic) bond motifs is 1. The molecule has 0 saturated heterocycles. The Morgan fingerprint density at radius 2 is 1.80 bits per heavy atom. The molecule has 1 heterocycles. The van der Waals surface area contributed by atoms with Gasteiger partial charge < -0.3 is 4.90 Å². The third kappa shape index (κ3) is 2.25. The molecule has 0 atom stereocenters. The van der Waals surface area contributed by atoms with Crippen LogP contribution in [0.2, 0.25) is 0 Å². The summed E-state index contributed by atoms with van der Waals surface area (Å²) >= 11 is 5.61. The number of carbonyl (C=O) groups excluding carboxylic acids is 1. The Morgan fingerprint density at radius 3 is 2.50 bits per heavy atom. The Kier molecular flexibility index (Phi) is 3.36. The second-order valence-electron chi connectivity index (χ2n) is 4.97. The molecular weight excluding hydrogens is 266 g/mol. The molecule has 0 aromatic heterocycles. The van der Waals surface area contributed by atoms with Gasteiger partial charge in [-0.1, -0.05) is 36.5 Å². The minimum Gasteiger partial charge on any atom is -0.332 e. The van der Waals surface area contributed by atoms with Gasteiger partial charge in [0.2, 0.25) is 0 Å². The maximum Gasteiger partial charge on any atom is 0.159 e. The molecule has 0 fully saturated rings. The van der Waals surface area contributed by atoms with Crippen LogP contribution >= 0.6 is 12.2 Å². The second kappa shape index (κ2) is 5.17. The van der Waals surface area contributed by atoms with Crippen molar-refractivity contribution < 1.29 is 4.79 Å². The molecule has 0 spiro atoms. The summed E-state index contributed by atoms with van der Waals surface area (Å²) in [4.78, 5) is 14.3. The van der Waals surface area contributed by atoms with Crippen LogP contribution in [0.4, 0.5) is 5.69 Å². The molecule has 100 valence electrons. The van der Waals surface area contributed by atoms with Gasteiger partial charge >= 0.3 is 0 Å². The normalized spacial score (nSPS) is 14.1. The minimum absolute atomic E-state index is 0.0862. The molecule has 3 rings (SSSR count). The first-order valence-electron chi connectivity index (χ1n) is 6.67. The van der Waals surface area contributed by atoms with Crippen molar-refractivity contribution in [3.05, 3.63) is 65.2 Å². The van der Waals surface area contributed by atoms with E-state index in [0.29, 0.717) is 0 Å². The molecule has 20 heavy (non-hydrogen) atoms. The van der Waals surface area contributed by atoms with Gasteiger partial charge in [0, 0.05) is 23.4 Å². The zero-order chi connectivity index (χ0) is 14.1. The van der Waals surface area contributed by atoms with Crippen molar-refractivity contribution in [2.45, 2.75) is 13.3 Å². The first kappa shape index (κ1) is 13.0. The number of hydrogen-bond donors (Lipinski definition) is 0. The molecule has 0 bridgehead atoms. The summed E-state index contributed by atoms with van der Waals surface area (Å²) in [5, 5.41) is 0. The largest absolute Gasteiger partial charge is 0.332 e. The van der Waals surface area contributed by atoms with Crippen LogP contribution < -0.4 is 4.90 Å². The molecule has 2 aromatic rings. The van der Waals surface area contributed by atoms with Crippen LogP contribution in [0.1, 0.15) is 28.4 Å². The van der Waals surface area contributed by atoms with Crippen molar-refractivity contribution in [3.8, 4) is 0 Å². The molecule has 3 heteroatoms. The van der Waals surface area contributed by atoms with Crippen LogP contribution in [0.3, 0.4) is 0 Å². The van der Waals surface area contributed by atoms with Crippen LogP contribution in [0.25, 0.3) is 0 Å². The SMILES string of the molecule is CC(=O)c1ccc(N2CCc3ccccc3C2=S)cc1. The number of rotatable bonds is 2. The molecule has 0 unspecified atom stereocenters. The van der Waals surface area contributed by atoms with Crippen LogP contribution in [0.15, 0.2) is 48.5 Å². The highest BCUT2D eigenvalue weighted by Crippen LogP contribution is 2.25. The quantitative estimate of drug-likeness (QED) is 0.619. The van der Waals surface area contributed by atoms with Crippen LogP contribution in [-0.2, 0) is 6.42 Å². The molecule has 0 aliphatic carbocycles. The summed E-state index contributed by atoms with van der Waals surface area (Å²) in [7, 11) is 0. The van der Waals surface area contributed by atoms with Gasteiger partial charge in [0.05, 0.1) is 0 Å². The highest BCUT2D eigenvalue weighted by atomic mass is 32.1.